The van der Waals surface area contributed by atoms with Crippen LogP contribution in [0.2, 0.25) is 0 Å². The van der Waals surface area contributed by atoms with Crippen LogP contribution < -0.4 is 11.0 Å². The van der Waals surface area contributed by atoms with Crippen LogP contribution in [0.5, 0.6) is 0 Å². The molecule has 0 aliphatic heterocycles. The minimum atomic E-state index is -0.487. The zero-order chi connectivity index (χ0) is 10.6. The highest BCUT2D eigenvalue weighted by molar-refractivity contribution is 14.1. The molecule has 2 N–H and O–H groups in total. The van der Waals surface area contributed by atoms with E-state index in [0.717, 1.165) is 0 Å². The number of rotatable bonds is 2. The molecule has 0 fully saturated rings. The van der Waals surface area contributed by atoms with Crippen molar-refractivity contribution in [2.45, 2.75) is 6.92 Å². The van der Waals surface area contributed by atoms with Gasteiger partial charge in [0, 0.05) is 18.7 Å². The van der Waals surface area contributed by atoms with E-state index in [4.69, 9.17) is 0 Å². The molecule has 1 amide bonds. The van der Waals surface area contributed by atoms with Crippen LogP contribution in [0, 0.1) is 0 Å². The number of hydrogen-bond donors (Lipinski definition) is 2. The summed E-state index contributed by atoms with van der Waals surface area (Å²) in [4.78, 5) is 27.7. The zero-order valence-corrected chi connectivity index (χ0v) is 9.53. The number of nitrogens with zero attached hydrogens (tertiary/aromatic N) is 1. The third-order valence-corrected chi connectivity index (χ3v) is 1.74. The summed E-state index contributed by atoms with van der Waals surface area (Å²) in [5.74, 6) is 0.125. The third-order valence-electron chi connectivity index (χ3n) is 1.39. The highest BCUT2D eigenvalue weighted by atomic mass is 127. The topological polar surface area (TPSA) is 74.8 Å². The predicted octanol–water partition coefficient (Wildman–Crippen LogP) is 1.13. The molecule has 0 bridgehead atoms. The number of amides is 1. The highest BCUT2D eigenvalue weighted by Crippen LogP contribution is 2.11. The summed E-state index contributed by atoms with van der Waals surface area (Å²) in [5.41, 5.74) is 0.175. The number of carbonyl (C=O) groups excluding carboxylic acids is 1. The smallest absolute Gasteiger partial charge is 0.312 e. The first-order chi connectivity index (χ1) is 6.63. The van der Waals surface area contributed by atoms with Gasteiger partial charge < -0.3 is 5.32 Å². The largest absolute Gasteiger partial charge is 0.346 e. The van der Waals surface area contributed by atoms with Crippen molar-refractivity contribution < 1.29 is 4.79 Å². The fraction of sp³-hybridized carbons (Fsp3) is 0.125. The molecular formula is C8H8IN3O2. The van der Waals surface area contributed by atoms with Gasteiger partial charge in [0.1, 0.15) is 5.82 Å². The molecule has 1 aromatic rings. The number of anilines is 1. The van der Waals surface area contributed by atoms with Crippen molar-refractivity contribution in [3.63, 3.8) is 0 Å². The van der Waals surface area contributed by atoms with E-state index in [0.29, 0.717) is 11.4 Å². The van der Waals surface area contributed by atoms with Crippen molar-refractivity contribution in [2.24, 2.45) is 0 Å². The minimum Gasteiger partial charge on any atom is -0.312 e. The van der Waals surface area contributed by atoms with Crippen LogP contribution in [0.25, 0.3) is 6.08 Å². The van der Waals surface area contributed by atoms with Crippen molar-refractivity contribution in [2.75, 3.05) is 5.32 Å². The summed E-state index contributed by atoms with van der Waals surface area (Å²) in [6.45, 7) is 1.37. The van der Waals surface area contributed by atoms with E-state index in [9.17, 15) is 9.59 Å². The van der Waals surface area contributed by atoms with Crippen molar-refractivity contribution in [1.82, 2.24) is 9.97 Å². The van der Waals surface area contributed by atoms with Crippen LogP contribution >= 0.6 is 22.6 Å². The monoisotopic (exact) mass is 305 g/mol. The first kappa shape index (κ1) is 10.9. The van der Waals surface area contributed by atoms with Gasteiger partial charge in [-0.25, -0.2) is 9.78 Å². The SMILES string of the molecule is CC(=O)Nc1[nH]c(=O)ncc1C=CI. The minimum absolute atomic E-state index is 0.241. The number of aromatic amines is 1. The van der Waals surface area contributed by atoms with Crippen molar-refractivity contribution in [3.8, 4) is 0 Å². The maximum Gasteiger partial charge on any atom is 0.346 e. The zero-order valence-electron chi connectivity index (χ0n) is 7.37. The Kier molecular flexibility index (Phi) is 3.81. The van der Waals surface area contributed by atoms with Crippen molar-refractivity contribution in [3.05, 3.63) is 26.3 Å². The van der Waals surface area contributed by atoms with Gasteiger partial charge in [-0.2, -0.15) is 0 Å². The molecule has 0 unspecified atom stereocenters. The molecule has 0 aliphatic rings. The lowest BCUT2D eigenvalue weighted by Gasteiger charge is -2.04. The van der Waals surface area contributed by atoms with E-state index in [1.54, 1.807) is 10.2 Å². The Balaban J connectivity index is 3.15. The molecule has 0 radical (unpaired) electrons. The summed E-state index contributed by atoms with van der Waals surface area (Å²) < 4.78 is 1.76. The van der Waals surface area contributed by atoms with Crippen LogP contribution in [-0.2, 0) is 4.79 Å². The maximum atomic E-state index is 10.9. The number of halogens is 1. The second-order valence-electron chi connectivity index (χ2n) is 2.49. The average Bonchev–Trinajstić information content (AvgIpc) is 2.09. The predicted molar refractivity (Wildman–Crippen MR) is 62.2 cm³/mol. The van der Waals surface area contributed by atoms with Crippen LogP contribution in [0.3, 0.4) is 0 Å². The summed E-state index contributed by atoms with van der Waals surface area (Å²) in [6.07, 6.45) is 3.13. The van der Waals surface area contributed by atoms with Crippen LogP contribution in [-0.4, -0.2) is 15.9 Å². The first-order valence-corrected chi connectivity index (χ1v) is 5.01. The van der Waals surface area contributed by atoms with Gasteiger partial charge >= 0.3 is 5.69 Å². The number of carbonyl (C=O) groups is 1. The number of hydrogen-bond acceptors (Lipinski definition) is 3. The Morgan fingerprint density at radius 1 is 1.71 bits per heavy atom. The molecule has 74 valence electrons. The Bertz CT molecular complexity index is 425. The standard InChI is InChI=1S/C8H8IN3O2/c1-5(13)11-7-6(2-3-9)4-10-8(14)12-7/h2-4H,1H3,(H2,10,11,12,13,14). The Labute approximate surface area is 93.8 Å². The molecule has 0 spiro atoms. The molecule has 14 heavy (non-hydrogen) atoms. The molecule has 5 nitrogen and oxygen atoms in total. The van der Waals surface area contributed by atoms with E-state index in [1.807, 2.05) is 22.6 Å². The van der Waals surface area contributed by atoms with Gasteiger partial charge in [-0.15, -0.1) is 0 Å². The molecule has 0 aromatic carbocycles. The molecular weight excluding hydrogens is 297 g/mol. The van der Waals surface area contributed by atoms with Gasteiger partial charge in [0.15, 0.2) is 0 Å². The van der Waals surface area contributed by atoms with E-state index >= 15 is 0 Å². The fourth-order valence-corrected chi connectivity index (χ4v) is 1.27. The average molecular weight is 305 g/mol. The maximum absolute atomic E-state index is 10.9. The summed E-state index contributed by atoms with van der Waals surface area (Å²) >= 11 is 2.04. The Morgan fingerprint density at radius 3 is 3.00 bits per heavy atom. The van der Waals surface area contributed by atoms with E-state index in [2.05, 4.69) is 15.3 Å². The highest BCUT2D eigenvalue weighted by Gasteiger charge is 2.02. The van der Waals surface area contributed by atoms with Gasteiger partial charge in [0.25, 0.3) is 0 Å². The van der Waals surface area contributed by atoms with Crippen molar-refractivity contribution >= 4 is 40.4 Å². The number of H-pyrrole nitrogens is 1. The molecule has 1 aromatic heterocycles. The molecule has 0 saturated heterocycles. The van der Waals surface area contributed by atoms with E-state index < -0.39 is 5.69 Å². The number of aromatic nitrogens is 2. The quantitative estimate of drug-likeness (QED) is 0.805. The van der Waals surface area contributed by atoms with E-state index in [1.165, 1.54) is 13.1 Å². The molecule has 0 atom stereocenters. The molecule has 1 rings (SSSR count). The lowest BCUT2D eigenvalue weighted by Crippen LogP contribution is -2.16. The third kappa shape index (κ3) is 2.95. The van der Waals surface area contributed by atoms with Gasteiger partial charge in [-0.1, -0.05) is 22.6 Å². The fourth-order valence-electron chi connectivity index (χ4n) is 0.878. The second-order valence-corrected chi connectivity index (χ2v) is 3.21. The molecule has 1 heterocycles. The van der Waals surface area contributed by atoms with Crippen LogP contribution in [0.4, 0.5) is 5.82 Å². The second kappa shape index (κ2) is 4.89. The molecule has 0 saturated carbocycles. The summed E-state index contributed by atoms with van der Waals surface area (Å²) in [6, 6.07) is 0. The van der Waals surface area contributed by atoms with Gasteiger partial charge in [0.05, 0.1) is 0 Å². The van der Waals surface area contributed by atoms with E-state index in [-0.39, 0.29) is 5.91 Å². The lowest BCUT2D eigenvalue weighted by atomic mass is 10.3. The van der Waals surface area contributed by atoms with Crippen molar-refractivity contribution in [1.29, 1.82) is 0 Å². The van der Waals surface area contributed by atoms with Gasteiger partial charge in [-0.3, -0.25) is 9.78 Å². The van der Waals surface area contributed by atoms with Crippen LogP contribution in [0.1, 0.15) is 12.5 Å². The Morgan fingerprint density at radius 2 is 2.43 bits per heavy atom. The number of nitrogens with one attached hydrogen (secondary N) is 2. The summed E-state index contributed by atoms with van der Waals surface area (Å²) in [7, 11) is 0. The molecule has 0 aliphatic carbocycles. The lowest BCUT2D eigenvalue weighted by molar-refractivity contribution is -0.114. The first-order valence-electron chi connectivity index (χ1n) is 3.77. The Hall–Kier alpha value is -1.18. The van der Waals surface area contributed by atoms with Gasteiger partial charge in [0.2, 0.25) is 5.91 Å². The molecule has 6 heteroatoms. The van der Waals surface area contributed by atoms with Gasteiger partial charge in [-0.05, 0) is 10.2 Å². The normalized spacial score (nSPS) is 10.4. The summed E-state index contributed by atoms with van der Waals surface area (Å²) in [5, 5.41) is 2.51. The van der Waals surface area contributed by atoms with Crippen LogP contribution in [0.15, 0.2) is 15.1 Å².